The number of hydrogen-bond acceptors (Lipinski definition) is 8. The van der Waals surface area contributed by atoms with Gasteiger partial charge in [0.05, 0.1) is 11.0 Å². The molecule has 0 radical (unpaired) electrons. The second kappa shape index (κ2) is 8.75. The van der Waals surface area contributed by atoms with Crippen molar-refractivity contribution in [1.29, 1.82) is 0 Å². The Balaban J connectivity index is 1.99. The Morgan fingerprint density at radius 2 is 1.83 bits per heavy atom. The second-order valence-electron chi connectivity index (χ2n) is 6.71. The van der Waals surface area contributed by atoms with Gasteiger partial charge in [-0.1, -0.05) is 12.1 Å². The first kappa shape index (κ1) is 21.0. The molecule has 0 unspecified atom stereocenters. The maximum absolute atomic E-state index is 11.7. The molecule has 1 aliphatic heterocycles. The van der Waals surface area contributed by atoms with Gasteiger partial charge in [0.25, 0.3) is 0 Å². The molecule has 1 N–H and O–H groups in total. The number of para-hydroxylation sites is 2. The maximum atomic E-state index is 11.7. The van der Waals surface area contributed by atoms with Crippen LogP contribution in [0.1, 0.15) is 33.4 Å². The van der Waals surface area contributed by atoms with Gasteiger partial charge in [0.2, 0.25) is 0 Å². The number of aromatic nitrogens is 2. The zero-order chi connectivity index (χ0) is 21.1. The molecule has 1 fully saturated rings. The van der Waals surface area contributed by atoms with Gasteiger partial charge in [-0.3, -0.25) is 19.0 Å². The molecule has 1 aromatic heterocycles. The third kappa shape index (κ3) is 4.83. The van der Waals surface area contributed by atoms with Crippen molar-refractivity contribution in [2.45, 2.75) is 51.7 Å². The molecule has 3 rings (SSSR count). The first-order chi connectivity index (χ1) is 13.8. The van der Waals surface area contributed by atoms with Crippen molar-refractivity contribution in [3.05, 3.63) is 29.0 Å². The molecule has 2 heterocycles. The quantitative estimate of drug-likeness (QED) is 0.445. The predicted octanol–water partition coefficient (Wildman–Crippen LogP) is 2.41. The largest absolute Gasteiger partial charge is 0.463 e. The number of benzene rings is 1. The van der Waals surface area contributed by atoms with Crippen molar-refractivity contribution in [3.8, 4) is 0 Å². The van der Waals surface area contributed by atoms with Gasteiger partial charge in [-0.2, -0.15) is 0 Å². The van der Waals surface area contributed by atoms with Crippen LogP contribution in [-0.2, 0) is 33.3 Å². The lowest BCUT2D eigenvalue weighted by Crippen LogP contribution is -2.52. The summed E-state index contributed by atoms with van der Waals surface area (Å²) in [4.78, 5) is 37.7. The van der Waals surface area contributed by atoms with E-state index in [4.69, 9.17) is 31.2 Å². The van der Waals surface area contributed by atoms with E-state index >= 15 is 0 Å². The molecule has 0 saturated carbocycles. The highest BCUT2D eigenvalue weighted by Gasteiger charge is 2.44. The average Bonchev–Trinajstić information content (AvgIpc) is 2.96. The van der Waals surface area contributed by atoms with Crippen molar-refractivity contribution >= 4 is 41.2 Å². The van der Waals surface area contributed by atoms with Gasteiger partial charge in [-0.25, -0.2) is 0 Å². The van der Waals surface area contributed by atoms with Gasteiger partial charge in [0.1, 0.15) is 25.0 Å². The van der Waals surface area contributed by atoms with Crippen molar-refractivity contribution in [1.82, 2.24) is 9.55 Å². The predicted molar refractivity (Wildman–Crippen MR) is 103 cm³/mol. The number of fused-ring (bicyclic) bond motifs is 1. The number of aromatic amines is 1. The van der Waals surface area contributed by atoms with E-state index < -0.39 is 42.4 Å². The number of ether oxygens (including phenoxy) is 4. The number of H-pyrrole nitrogens is 1. The SMILES string of the molecule is CC(=O)OC[C@H]1O[C@@H](n2c(=S)[nH]c3ccccc32)C[C@@H](OC(C)=O)[C@@H]1OC(C)=O. The first-order valence-corrected chi connectivity index (χ1v) is 9.49. The van der Waals surface area contributed by atoms with Crippen LogP contribution in [0.4, 0.5) is 0 Å². The first-order valence-electron chi connectivity index (χ1n) is 9.08. The summed E-state index contributed by atoms with van der Waals surface area (Å²) < 4.78 is 24.2. The van der Waals surface area contributed by atoms with Gasteiger partial charge in [-0.15, -0.1) is 0 Å². The van der Waals surface area contributed by atoms with Crippen molar-refractivity contribution < 1.29 is 33.3 Å². The fraction of sp³-hybridized carbons (Fsp3) is 0.474. The normalized spacial score (nSPS) is 24.1. The van der Waals surface area contributed by atoms with E-state index in [2.05, 4.69) is 4.98 Å². The lowest BCUT2D eigenvalue weighted by atomic mass is 10.00. The number of esters is 3. The fourth-order valence-electron chi connectivity index (χ4n) is 3.44. The number of imidazole rings is 1. The van der Waals surface area contributed by atoms with Gasteiger partial charge < -0.3 is 23.9 Å². The van der Waals surface area contributed by atoms with Crippen LogP contribution >= 0.6 is 12.2 Å². The summed E-state index contributed by atoms with van der Waals surface area (Å²) in [5, 5.41) is 0. The van der Waals surface area contributed by atoms with E-state index in [1.165, 1.54) is 20.8 Å². The van der Waals surface area contributed by atoms with Crippen LogP contribution in [0.2, 0.25) is 0 Å². The molecule has 2 aromatic rings. The Kier molecular flexibility index (Phi) is 6.33. The molecular weight excluding hydrogens is 400 g/mol. The summed E-state index contributed by atoms with van der Waals surface area (Å²) in [5.74, 6) is -1.60. The summed E-state index contributed by atoms with van der Waals surface area (Å²) in [7, 11) is 0. The smallest absolute Gasteiger partial charge is 0.303 e. The Bertz CT molecular complexity index is 982. The zero-order valence-corrected chi connectivity index (χ0v) is 17.1. The molecule has 29 heavy (non-hydrogen) atoms. The lowest BCUT2D eigenvalue weighted by Gasteiger charge is -2.40. The van der Waals surface area contributed by atoms with E-state index in [9.17, 15) is 14.4 Å². The maximum Gasteiger partial charge on any atom is 0.303 e. The van der Waals surface area contributed by atoms with Crippen molar-refractivity contribution in [3.63, 3.8) is 0 Å². The van der Waals surface area contributed by atoms with E-state index in [1.807, 2.05) is 24.3 Å². The van der Waals surface area contributed by atoms with Crippen LogP contribution in [0.5, 0.6) is 0 Å². The highest BCUT2D eigenvalue weighted by molar-refractivity contribution is 7.71. The van der Waals surface area contributed by atoms with Crippen LogP contribution in [0.15, 0.2) is 24.3 Å². The number of nitrogens with zero attached hydrogens (tertiary/aromatic N) is 1. The number of hydrogen-bond donors (Lipinski definition) is 1. The van der Waals surface area contributed by atoms with Gasteiger partial charge >= 0.3 is 17.9 Å². The summed E-state index contributed by atoms with van der Waals surface area (Å²) in [6.45, 7) is 3.61. The summed E-state index contributed by atoms with van der Waals surface area (Å²) in [6.07, 6.45) is -3.00. The van der Waals surface area contributed by atoms with Gasteiger partial charge in [0, 0.05) is 27.2 Å². The Labute approximate surface area is 171 Å². The molecule has 4 atom stereocenters. The Morgan fingerprint density at radius 3 is 2.48 bits per heavy atom. The molecule has 0 bridgehead atoms. The topological polar surface area (TPSA) is 109 Å². The standard InChI is InChI=1S/C19H22N2O7S/c1-10(22)25-9-16-18(27-12(3)24)15(26-11(2)23)8-17(28-16)21-14-7-5-4-6-13(14)20-19(21)29/h4-7,15-18H,8-9H2,1-3H3,(H,20,29)/t15-,16-,17-,18+/m1/s1. The molecular formula is C19H22N2O7S. The third-order valence-corrected chi connectivity index (χ3v) is 4.78. The molecule has 9 nitrogen and oxygen atoms in total. The minimum absolute atomic E-state index is 0.169. The second-order valence-corrected chi connectivity index (χ2v) is 7.09. The Hall–Kier alpha value is -2.72. The monoisotopic (exact) mass is 422 g/mol. The number of carbonyl (C=O) groups is 3. The molecule has 0 amide bonds. The van der Waals surface area contributed by atoms with Crippen molar-refractivity contribution in [2.24, 2.45) is 0 Å². The molecule has 1 aromatic carbocycles. The zero-order valence-electron chi connectivity index (χ0n) is 16.2. The molecule has 0 spiro atoms. The average molecular weight is 422 g/mol. The fourth-order valence-corrected chi connectivity index (χ4v) is 3.76. The molecule has 156 valence electrons. The number of carbonyl (C=O) groups excluding carboxylic acids is 3. The molecule has 1 saturated heterocycles. The van der Waals surface area contributed by atoms with Crippen molar-refractivity contribution in [2.75, 3.05) is 6.61 Å². The van der Waals surface area contributed by atoms with Crippen LogP contribution in [0, 0.1) is 4.77 Å². The summed E-state index contributed by atoms with van der Waals surface area (Å²) in [5.41, 5.74) is 1.63. The Morgan fingerprint density at radius 1 is 1.14 bits per heavy atom. The van der Waals surface area contributed by atoms with E-state index in [0.717, 1.165) is 11.0 Å². The summed E-state index contributed by atoms with van der Waals surface area (Å²) >= 11 is 5.45. The minimum atomic E-state index is -0.925. The minimum Gasteiger partial charge on any atom is -0.463 e. The highest BCUT2D eigenvalue weighted by Crippen LogP contribution is 2.34. The van der Waals surface area contributed by atoms with Gasteiger partial charge in [-0.05, 0) is 24.4 Å². The van der Waals surface area contributed by atoms with Crippen LogP contribution in [0.25, 0.3) is 11.0 Å². The van der Waals surface area contributed by atoms with Crippen LogP contribution in [0.3, 0.4) is 0 Å². The molecule has 0 aliphatic carbocycles. The van der Waals surface area contributed by atoms with Crippen LogP contribution in [-0.4, -0.2) is 52.4 Å². The number of rotatable bonds is 5. The van der Waals surface area contributed by atoms with Gasteiger partial charge in [0.15, 0.2) is 10.9 Å². The molecule has 1 aliphatic rings. The highest BCUT2D eigenvalue weighted by atomic mass is 32.1. The number of nitrogens with one attached hydrogen (secondary N) is 1. The van der Waals surface area contributed by atoms with Crippen LogP contribution < -0.4 is 0 Å². The van der Waals surface area contributed by atoms with E-state index in [-0.39, 0.29) is 13.0 Å². The molecule has 10 heteroatoms. The van der Waals surface area contributed by atoms with E-state index in [0.29, 0.717) is 4.77 Å². The summed E-state index contributed by atoms with van der Waals surface area (Å²) in [6, 6.07) is 7.50. The third-order valence-electron chi connectivity index (χ3n) is 4.48. The lowest BCUT2D eigenvalue weighted by molar-refractivity contribution is -0.226. The van der Waals surface area contributed by atoms with E-state index in [1.54, 1.807) is 4.57 Å².